The van der Waals surface area contributed by atoms with Gasteiger partial charge >= 0.3 is 5.97 Å². The molecule has 1 atom stereocenters. The molecular weight excluding hydrogens is 362 g/mol. The third kappa shape index (κ3) is 20.0. The second-order valence-electron chi connectivity index (χ2n) is 7.65. The molecule has 0 aliphatic heterocycles. The molecule has 0 aromatic carbocycles. The van der Waals surface area contributed by atoms with Gasteiger partial charge in [-0.25, -0.2) is 4.79 Å². The van der Waals surface area contributed by atoms with Crippen molar-refractivity contribution in [3.8, 4) is 0 Å². The summed E-state index contributed by atoms with van der Waals surface area (Å²) >= 11 is 0. The van der Waals surface area contributed by atoms with Gasteiger partial charge in [0.2, 0.25) is 0 Å². The molecule has 0 heterocycles. The molecule has 0 bridgehead atoms. The Morgan fingerprint density at radius 3 is 1.82 bits per heavy atom. The quantitative estimate of drug-likeness (QED) is 0.125. The number of unbranched alkanes of at least 4 members (excludes halogenated alkanes) is 11. The van der Waals surface area contributed by atoms with E-state index >= 15 is 0 Å². The number of aliphatic hydroxyl groups is 4. The topological polar surface area (TPSA) is 142 Å². The lowest BCUT2D eigenvalue weighted by Gasteiger charge is -2.24. The van der Waals surface area contributed by atoms with E-state index in [-0.39, 0.29) is 32.0 Å². The fraction of sp³-hybridized carbons (Fsp3) is 0.952. The summed E-state index contributed by atoms with van der Waals surface area (Å²) in [7, 11) is 0. The Hall–Kier alpha value is -0.730. The van der Waals surface area contributed by atoms with Gasteiger partial charge in [-0.2, -0.15) is 0 Å². The van der Waals surface area contributed by atoms with Crippen LogP contribution in [0.4, 0.5) is 0 Å². The summed E-state index contributed by atoms with van der Waals surface area (Å²) in [4.78, 5) is 10.8. The van der Waals surface area contributed by atoms with Crippen LogP contribution >= 0.6 is 0 Å². The Morgan fingerprint density at radius 2 is 1.36 bits per heavy atom. The minimum atomic E-state index is -1.89. The van der Waals surface area contributed by atoms with Gasteiger partial charge in [0, 0.05) is 19.3 Å². The van der Waals surface area contributed by atoms with Gasteiger partial charge < -0.3 is 31.3 Å². The third-order valence-electron chi connectivity index (χ3n) is 4.84. The van der Waals surface area contributed by atoms with Crippen molar-refractivity contribution >= 4 is 5.97 Å². The molecule has 170 valence electrons. The van der Waals surface area contributed by atoms with E-state index in [0.29, 0.717) is 0 Å². The van der Waals surface area contributed by atoms with Gasteiger partial charge in [0.05, 0.1) is 12.7 Å². The first-order valence-electron chi connectivity index (χ1n) is 10.8. The summed E-state index contributed by atoms with van der Waals surface area (Å²) in [6.45, 7) is 1.49. The van der Waals surface area contributed by atoms with Crippen LogP contribution in [0.5, 0.6) is 0 Å². The van der Waals surface area contributed by atoms with E-state index in [1.807, 2.05) is 0 Å². The molecule has 0 aromatic rings. The van der Waals surface area contributed by atoms with Gasteiger partial charge in [-0.15, -0.1) is 0 Å². The Bertz CT molecular complexity index is 352. The molecular formula is C21H45NO6. The molecule has 0 amide bonds. The third-order valence-corrected chi connectivity index (χ3v) is 4.84. The number of aliphatic hydroxyl groups excluding tert-OH is 2. The van der Waals surface area contributed by atoms with Crippen molar-refractivity contribution < 1.29 is 30.0 Å². The van der Waals surface area contributed by atoms with Crippen LogP contribution in [-0.4, -0.2) is 51.5 Å². The lowest BCUT2D eigenvalue weighted by Crippen LogP contribution is -2.33. The van der Waals surface area contributed by atoms with Gasteiger partial charge in [0.1, 0.15) is 6.61 Å². The maximum atomic E-state index is 10.8. The predicted molar refractivity (Wildman–Crippen MR) is 111 cm³/mol. The molecule has 0 aliphatic carbocycles. The average Bonchev–Trinajstić information content (AvgIpc) is 2.62. The highest BCUT2D eigenvalue weighted by molar-refractivity contribution is 5.70. The molecule has 0 fully saturated rings. The highest BCUT2D eigenvalue weighted by atomic mass is 16.5. The first-order chi connectivity index (χ1) is 12.9. The maximum Gasteiger partial charge on any atom is 0.331 e. The van der Waals surface area contributed by atoms with Crippen molar-refractivity contribution in [1.29, 1.82) is 0 Å². The van der Waals surface area contributed by atoms with Crippen LogP contribution in [0.1, 0.15) is 103 Å². The fourth-order valence-electron chi connectivity index (χ4n) is 3.19. The van der Waals surface area contributed by atoms with Crippen molar-refractivity contribution in [2.75, 3.05) is 13.2 Å². The number of ether oxygens (including phenoxy) is 1. The van der Waals surface area contributed by atoms with Gasteiger partial charge in [-0.3, -0.25) is 0 Å². The Kier molecular flexibility index (Phi) is 20.6. The number of hydrogen-bond donors (Lipinski definition) is 5. The number of carbonyl (C=O) groups excluding carboxylic acids is 1. The predicted octanol–water partition coefficient (Wildman–Crippen LogP) is 3.60. The number of carbonyl (C=O) groups is 1. The van der Waals surface area contributed by atoms with Gasteiger partial charge in [0.25, 0.3) is 0 Å². The van der Waals surface area contributed by atoms with Crippen molar-refractivity contribution in [2.45, 2.75) is 115 Å². The van der Waals surface area contributed by atoms with E-state index in [9.17, 15) is 20.1 Å². The monoisotopic (exact) mass is 407 g/mol. The molecule has 7 N–H and O–H groups in total. The summed E-state index contributed by atoms with van der Waals surface area (Å²) in [6, 6.07) is 0. The lowest BCUT2D eigenvalue weighted by molar-refractivity contribution is -0.187. The number of rotatable bonds is 19. The smallest absolute Gasteiger partial charge is 0.331 e. The van der Waals surface area contributed by atoms with E-state index in [2.05, 4.69) is 11.7 Å². The Morgan fingerprint density at radius 1 is 0.893 bits per heavy atom. The highest BCUT2D eigenvalue weighted by Gasteiger charge is 2.26. The molecule has 7 nitrogen and oxygen atoms in total. The maximum absolute atomic E-state index is 10.8. The molecule has 0 aromatic heterocycles. The molecule has 7 heteroatoms. The van der Waals surface area contributed by atoms with Crippen LogP contribution in [0, 0.1) is 0 Å². The summed E-state index contributed by atoms with van der Waals surface area (Å²) in [5, 5.41) is 38.2. The van der Waals surface area contributed by atoms with Crippen LogP contribution in [0.2, 0.25) is 0 Å². The minimum Gasteiger partial charge on any atom is -0.464 e. The van der Waals surface area contributed by atoms with Crippen molar-refractivity contribution in [3.05, 3.63) is 0 Å². The van der Waals surface area contributed by atoms with E-state index in [4.69, 9.17) is 5.11 Å². The van der Waals surface area contributed by atoms with Crippen molar-refractivity contribution in [2.24, 2.45) is 0 Å². The Labute approximate surface area is 171 Å². The minimum absolute atomic E-state index is 0. The molecule has 1 unspecified atom stereocenters. The average molecular weight is 408 g/mol. The zero-order valence-electron chi connectivity index (χ0n) is 17.9. The van der Waals surface area contributed by atoms with Crippen LogP contribution < -0.4 is 6.15 Å². The zero-order valence-corrected chi connectivity index (χ0v) is 17.9. The van der Waals surface area contributed by atoms with Crippen LogP contribution in [0.3, 0.4) is 0 Å². The fourth-order valence-corrected chi connectivity index (χ4v) is 3.19. The molecule has 0 radical (unpaired) electrons. The summed E-state index contributed by atoms with van der Waals surface area (Å²) < 4.78 is 4.64. The molecule has 0 saturated heterocycles. The van der Waals surface area contributed by atoms with Crippen molar-refractivity contribution in [1.82, 2.24) is 6.15 Å². The van der Waals surface area contributed by atoms with E-state index in [1.54, 1.807) is 0 Å². The lowest BCUT2D eigenvalue weighted by atomic mass is 9.99. The standard InChI is InChI=1S/C21H42O6.H3N/c1-2-3-4-5-6-7-8-9-10-11-12-13-15-21(25,26)17-19(23)14-16-27-20(24)18-22;/h19,22-23,25-26H,2-18H2,1H3;1H3. The van der Waals surface area contributed by atoms with Crippen molar-refractivity contribution in [3.63, 3.8) is 0 Å². The second-order valence-corrected chi connectivity index (χ2v) is 7.65. The van der Waals surface area contributed by atoms with Crippen LogP contribution in [-0.2, 0) is 9.53 Å². The molecule has 0 saturated carbocycles. The van der Waals surface area contributed by atoms with Crippen LogP contribution in [0.25, 0.3) is 0 Å². The van der Waals surface area contributed by atoms with E-state index in [0.717, 1.165) is 19.3 Å². The number of hydrogen-bond acceptors (Lipinski definition) is 7. The zero-order chi connectivity index (χ0) is 20.4. The number of esters is 1. The molecule has 0 spiro atoms. The molecule has 0 rings (SSSR count). The molecule has 28 heavy (non-hydrogen) atoms. The normalized spacial score (nSPS) is 12.5. The Balaban J connectivity index is 0. The van der Waals surface area contributed by atoms with E-state index < -0.39 is 24.5 Å². The van der Waals surface area contributed by atoms with Gasteiger partial charge in [-0.1, -0.05) is 77.6 Å². The highest BCUT2D eigenvalue weighted by Crippen LogP contribution is 2.20. The first kappa shape index (κ1) is 29.5. The summed E-state index contributed by atoms with van der Waals surface area (Å²) in [5.74, 6) is -2.64. The van der Waals surface area contributed by atoms with Gasteiger partial charge in [-0.05, 0) is 6.42 Å². The SMILES string of the molecule is CCCCCCCCCCCCCCC(O)(O)CC(O)CCOC(=O)CO.N. The van der Waals surface area contributed by atoms with Crippen LogP contribution in [0.15, 0.2) is 0 Å². The molecule has 0 aliphatic rings. The van der Waals surface area contributed by atoms with Gasteiger partial charge in [0.15, 0.2) is 5.79 Å². The second kappa shape index (κ2) is 19.6. The largest absolute Gasteiger partial charge is 0.464 e. The summed E-state index contributed by atoms with van der Waals surface area (Å²) in [6.07, 6.45) is 13.8. The van der Waals surface area contributed by atoms with E-state index in [1.165, 1.54) is 57.8 Å². The summed E-state index contributed by atoms with van der Waals surface area (Å²) in [5.41, 5.74) is 0. The first-order valence-corrected chi connectivity index (χ1v) is 10.8.